The minimum atomic E-state index is -1.49. The van der Waals surface area contributed by atoms with Gasteiger partial charge in [0, 0.05) is 5.57 Å². The zero-order valence-corrected chi connectivity index (χ0v) is 6.99. The lowest BCUT2D eigenvalue weighted by Gasteiger charge is -2.25. The van der Waals surface area contributed by atoms with Crippen molar-refractivity contribution in [3.63, 3.8) is 0 Å². The molecule has 0 spiro atoms. The number of rotatable bonds is 2. The molecule has 0 aromatic rings. The highest BCUT2D eigenvalue weighted by molar-refractivity contribution is 5.90. The van der Waals surface area contributed by atoms with Crippen molar-refractivity contribution in [3.8, 4) is 0 Å². The minimum absolute atomic E-state index is 0.0937. The van der Waals surface area contributed by atoms with Crippen LogP contribution in [0.15, 0.2) is 11.6 Å². The molecule has 0 aromatic heterocycles. The maximum atomic E-state index is 10.7. The molecule has 1 aliphatic carbocycles. The Hall–Kier alpha value is -1.36. The van der Waals surface area contributed by atoms with Crippen LogP contribution in [-0.2, 0) is 9.59 Å². The molecule has 0 saturated heterocycles. The van der Waals surface area contributed by atoms with Gasteiger partial charge in [-0.25, -0.2) is 9.59 Å². The molecular formula is C8H11NO4. The van der Waals surface area contributed by atoms with Crippen LogP contribution in [0.3, 0.4) is 0 Å². The summed E-state index contributed by atoms with van der Waals surface area (Å²) >= 11 is 0. The molecule has 0 aliphatic heterocycles. The van der Waals surface area contributed by atoms with E-state index in [1.165, 1.54) is 0 Å². The molecule has 0 fully saturated rings. The highest BCUT2D eigenvalue weighted by Crippen LogP contribution is 2.24. The van der Waals surface area contributed by atoms with Gasteiger partial charge in [-0.2, -0.15) is 0 Å². The second kappa shape index (κ2) is 3.18. The molecule has 1 rings (SSSR count). The fourth-order valence-corrected chi connectivity index (χ4v) is 1.36. The smallest absolute Gasteiger partial charge is 0.331 e. The third kappa shape index (κ3) is 1.86. The Kier molecular flexibility index (Phi) is 2.38. The number of carbonyl (C=O) groups is 2. The van der Waals surface area contributed by atoms with Crippen molar-refractivity contribution >= 4 is 11.9 Å². The standard InChI is InChI=1S/C8H11NO4/c9-8(7(12)13)3-1-2-5(4-8)6(10)11/h4H,1-3,9H2,(H,10,11)(H,12,13)/t8-/m0/s1. The van der Waals surface area contributed by atoms with E-state index >= 15 is 0 Å². The Bertz CT molecular complexity index is 284. The average Bonchev–Trinajstić information content (AvgIpc) is 2.04. The van der Waals surface area contributed by atoms with Crippen LogP contribution in [0, 0.1) is 0 Å². The molecule has 4 N–H and O–H groups in total. The maximum Gasteiger partial charge on any atom is 0.331 e. The normalized spacial score (nSPS) is 27.9. The molecule has 5 nitrogen and oxygen atoms in total. The van der Waals surface area contributed by atoms with E-state index in [1.54, 1.807) is 0 Å². The molecule has 0 radical (unpaired) electrons. The number of hydrogen-bond acceptors (Lipinski definition) is 3. The number of carboxylic acid groups (broad SMARTS) is 2. The number of hydrogen-bond donors (Lipinski definition) is 3. The molecular weight excluding hydrogens is 174 g/mol. The van der Waals surface area contributed by atoms with Gasteiger partial charge in [-0.3, -0.25) is 0 Å². The van der Waals surface area contributed by atoms with Crippen LogP contribution in [0.1, 0.15) is 19.3 Å². The SMILES string of the molecule is N[C@]1(C(=O)O)C=C(C(=O)O)CCC1. The maximum absolute atomic E-state index is 10.7. The van der Waals surface area contributed by atoms with Crippen LogP contribution in [-0.4, -0.2) is 27.7 Å². The summed E-state index contributed by atoms with van der Waals surface area (Å²) in [5, 5.41) is 17.4. The van der Waals surface area contributed by atoms with Gasteiger partial charge >= 0.3 is 11.9 Å². The first-order valence-electron chi connectivity index (χ1n) is 3.93. The third-order valence-electron chi connectivity index (χ3n) is 2.14. The molecule has 5 heteroatoms. The minimum Gasteiger partial charge on any atom is -0.480 e. The van der Waals surface area contributed by atoms with Gasteiger partial charge in [-0.1, -0.05) is 0 Å². The lowest BCUT2D eigenvalue weighted by Crippen LogP contribution is -2.48. The van der Waals surface area contributed by atoms with Gasteiger partial charge in [0.15, 0.2) is 0 Å². The second-order valence-electron chi connectivity index (χ2n) is 3.17. The Morgan fingerprint density at radius 2 is 2.08 bits per heavy atom. The molecule has 0 unspecified atom stereocenters. The molecule has 0 amide bonds. The monoisotopic (exact) mass is 185 g/mol. The molecule has 0 saturated carbocycles. The number of carboxylic acids is 2. The highest BCUT2D eigenvalue weighted by atomic mass is 16.4. The highest BCUT2D eigenvalue weighted by Gasteiger charge is 2.35. The molecule has 0 bridgehead atoms. The van der Waals surface area contributed by atoms with Gasteiger partial charge in [0.05, 0.1) is 0 Å². The Morgan fingerprint density at radius 1 is 1.46 bits per heavy atom. The number of nitrogens with two attached hydrogens (primary N) is 1. The van der Waals surface area contributed by atoms with Gasteiger partial charge in [0.2, 0.25) is 0 Å². The van der Waals surface area contributed by atoms with Crippen molar-refractivity contribution in [3.05, 3.63) is 11.6 Å². The van der Waals surface area contributed by atoms with Crippen molar-refractivity contribution in [2.45, 2.75) is 24.8 Å². The summed E-state index contributed by atoms with van der Waals surface area (Å²) in [6.45, 7) is 0. The fraction of sp³-hybridized carbons (Fsp3) is 0.500. The van der Waals surface area contributed by atoms with E-state index in [1.807, 2.05) is 0 Å². The van der Waals surface area contributed by atoms with Gasteiger partial charge in [-0.15, -0.1) is 0 Å². The van der Waals surface area contributed by atoms with Crippen molar-refractivity contribution < 1.29 is 19.8 Å². The van der Waals surface area contributed by atoms with E-state index in [4.69, 9.17) is 15.9 Å². The van der Waals surface area contributed by atoms with Crippen molar-refractivity contribution in [2.75, 3.05) is 0 Å². The van der Waals surface area contributed by atoms with E-state index in [0.717, 1.165) is 6.08 Å². The predicted molar refractivity (Wildman–Crippen MR) is 44.1 cm³/mol. The Morgan fingerprint density at radius 3 is 2.54 bits per heavy atom. The summed E-state index contributed by atoms with van der Waals surface area (Å²) in [5.41, 5.74) is 4.09. The van der Waals surface area contributed by atoms with E-state index in [0.29, 0.717) is 19.3 Å². The first kappa shape index (κ1) is 9.73. The van der Waals surface area contributed by atoms with Crippen LogP contribution in [0.5, 0.6) is 0 Å². The van der Waals surface area contributed by atoms with E-state index < -0.39 is 17.5 Å². The zero-order chi connectivity index (χ0) is 10.1. The molecule has 1 atom stereocenters. The first-order valence-corrected chi connectivity index (χ1v) is 3.93. The summed E-state index contributed by atoms with van der Waals surface area (Å²) < 4.78 is 0. The summed E-state index contributed by atoms with van der Waals surface area (Å²) in [4.78, 5) is 21.2. The van der Waals surface area contributed by atoms with Crippen molar-refractivity contribution in [1.82, 2.24) is 0 Å². The van der Waals surface area contributed by atoms with Crippen LogP contribution in [0.2, 0.25) is 0 Å². The molecule has 13 heavy (non-hydrogen) atoms. The van der Waals surface area contributed by atoms with Crippen LogP contribution in [0.4, 0.5) is 0 Å². The van der Waals surface area contributed by atoms with Crippen LogP contribution >= 0.6 is 0 Å². The van der Waals surface area contributed by atoms with Gasteiger partial charge in [0.25, 0.3) is 0 Å². The molecule has 0 aromatic carbocycles. The van der Waals surface area contributed by atoms with E-state index in [2.05, 4.69) is 0 Å². The summed E-state index contributed by atoms with van der Waals surface area (Å²) in [6, 6.07) is 0. The fourth-order valence-electron chi connectivity index (χ4n) is 1.36. The molecule has 72 valence electrons. The summed E-state index contributed by atoms with van der Waals surface area (Å²) in [7, 11) is 0. The summed E-state index contributed by atoms with van der Waals surface area (Å²) in [5.74, 6) is -2.26. The van der Waals surface area contributed by atoms with E-state index in [9.17, 15) is 9.59 Å². The second-order valence-corrected chi connectivity index (χ2v) is 3.17. The summed E-state index contributed by atoms with van der Waals surface area (Å²) in [6.07, 6.45) is 2.32. The Labute approximate surface area is 74.8 Å². The lowest BCUT2D eigenvalue weighted by molar-refractivity contribution is -0.141. The molecule has 0 heterocycles. The van der Waals surface area contributed by atoms with Crippen molar-refractivity contribution in [1.29, 1.82) is 0 Å². The average molecular weight is 185 g/mol. The van der Waals surface area contributed by atoms with Gasteiger partial charge in [-0.05, 0) is 25.3 Å². The quantitative estimate of drug-likeness (QED) is 0.560. The van der Waals surface area contributed by atoms with Crippen molar-refractivity contribution in [2.24, 2.45) is 5.73 Å². The van der Waals surface area contributed by atoms with Gasteiger partial charge in [0.1, 0.15) is 5.54 Å². The van der Waals surface area contributed by atoms with Gasteiger partial charge < -0.3 is 15.9 Å². The van der Waals surface area contributed by atoms with Crippen LogP contribution in [0.25, 0.3) is 0 Å². The predicted octanol–water partition coefficient (Wildman–Crippen LogP) is -0.0366. The largest absolute Gasteiger partial charge is 0.480 e. The zero-order valence-electron chi connectivity index (χ0n) is 6.99. The topological polar surface area (TPSA) is 101 Å². The van der Waals surface area contributed by atoms with Crippen LogP contribution < -0.4 is 5.73 Å². The number of aliphatic carboxylic acids is 2. The first-order chi connectivity index (χ1) is 5.96. The lowest BCUT2D eigenvalue weighted by atomic mass is 9.84. The third-order valence-corrected chi connectivity index (χ3v) is 2.14. The Balaban J connectivity index is 2.97. The molecule has 1 aliphatic rings. The van der Waals surface area contributed by atoms with E-state index in [-0.39, 0.29) is 5.57 Å².